The van der Waals surface area contributed by atoms with E-state index in [0.29, 0.717) is 0 Å². The fraction of sp³-hybridized carbons (Fsp3) is 0.611. The first kappa shape index (κ1) is 15.1. The Morgan fingerprint density at radius 3 is 2.96 bits per heavy atom. The fourth-order valence-electron chi connectivity index (χ4n) is 4.48. The number of hydrogen-bond acceptors (Lipinski definition) is 4. The van der Waals surface area contributed by atoms with E-state index in [4.69, 9.17) is 9.72 Å². The molecular formula is C18H25N3O2. The molecule has 1 aliphatic carbocycles. The third-order valence-electron chi connectivity index (χ3n) is 5.90. The normalized spacial score (nSPS) is 31.6. The third-order valence-corrected chi connectivity index (χ3v) is 5.90. The zero-order valence-electron chi connectivity index (χ0n) is 13.9. The van der Waals surface area contributed by atoms with Crippen LogP contribution >= 0.6 is 0 Å². The van der Waals surface area contributed by atoms with Crippen molar-refractivity contribution in [3.63, 3.8) is 0 Å². The van der Waals surface area contributed by atoms with Crippen molar-refractivity contribution in [2.45, 2.75) is 50.0 Å². The second-order valence-corrected chi connectivity index (χ2v) is 7.01. The number of methoxy groups -OCH3 is 1. The van der Waals surface area contributed by atoms with Crippen LogP contribution in [0.4, 0.5) is 0 Å². The number of aliphatic hydroxyl groups excluding tert-OH is 1. The lowest BCUT2D eigenvalue weighted by atomic mass is 9.79. The summed E-state index contributed by atoms with van der Waals surface area (Å²) in [5.41, 5.74) is 2.14. The van der Waals surface area contributed by atoms with Crippen LogP contribution in [0.5, 0.6) is 0 Å². The van der Waals surface area contributed by atoms with Gasteiger partial charge in [0.25, 0.3) is 0 Å². The highest BCUT2D eigenvalue weighted by atomic mass is 16.5. The molecule has 1 aromatic carbocycles. The summed E-state index contributed by atoms with van der Waals surface area (Å²) in [7, 11) is 3.91. The van der Waals surface area contributed by atoms with Crippen LogP contribution < -0.4 is 0 Å². The van der Waals surface area contributed by atoms with Crippen LogP contribution in [0.3, 0.4) is 0 Å². The Bertz CT molecular complexity index is 713. The molecule has 4 rings (SSSR count). The molecule has 1 aromatic heterocycles. The Balaban J connectivity index is 1.62. The van der Waals surface area contributed by atoms with Crippen LogP contribution in [0, 0.1) is 0 Å². The van der Waals surface area contributed by atoms with E-state index in [9.17, 15) is 5.11 Å². The Labute approximate surface area is 136 Å². The summed E-state index contributed by atoms with van der Waals surface area (Å²) in [5.74, 6) is 1.08. The smallest absolute Gasteiger partial charge is 0.123 e. The quantitative estimate of drug-likeness (QED) is 0.942. The van der Waals surface area contributed by atoms with Gasteiger partial charge >= 0.3 is 0 Å². The van der Waals surface area contributed by atoms with Crippen molar-refractivity contribution < 1.29 is 9.84 Å². The molecule has 5 nitrogen and oxygen atoms in total. The van der Waals surface area contributed by atoms with Gasteiger partial charge in [0.05, 0.1) is 29.3 Å². The van der Waals surface area contributed by atoms with Crippen molar-refractivity contribution in [1.29, 1.82) is 0 Å². The van der Waals surface area contributed by atoms with Crippen molar-refractivity contribution in [1.82, 2.24) is 14.5 Å². The number of imidazole rings is 1. The molecule has 3 atom stereocenters. The molecule has 0 bridgehead atoms. The van der Waals surface area contributed by atoms with Gasteiger partial charge in [0.15, 0.2) is 0 Å². The minimum Gasteiger partial charge on any atom is -0.393 e. The molecule has 1 saturated heterocycles. The van der Waals surface area contributed by atoms with Crippen LogP contribution in [-0.4, -0.2) is 51.0 Å². The minimum absolute atomic E-state index is 0.0795. The maximum Gasteiger partial charge on any atom is 0.123 e. The lowest BCUT2D eigenvalue weighted by molar-refractivity contribution is -0.0882. The van der Waals surface area contributed by atoms with Gasteiger partial charge in [-0.1, -0.05) is 12.1 Å². The molecule has 0 amide bonds. The largest absolute Gasteiger partial charge is 0.393 e. The molecule has 0 unspecified atom stereocenters. The van der Waals surface area contributed by atoms with E-state index in [2.05, 4.69) is 34.7 Å². The van der Waals surface area contributed by atoms with Crippen LogP contribution in [-0.2, 0) is 18.3 Å². The first-order chi connectivity index (χ1) is 11.1. The SMILES string of the molecule is CO[C@@]12CC[C@@H](O)C[C@@H]1N(Cc1nc3ccccc3n1C)CC2. The summed E-state index contributed by atoms with van der Waals surface area (Å²) < 4.78 is 8.11. The van der Waals surface area contributed by atoms with E-state index in [1.165, 1.54) is 5.52 Å². The second kappa shape index (κ2) is 5.58. The third kappa shape index (κ3) is 2.38. The van der Waals surface area contributed by atoms with Gasteiger partial charge in [-0.05, 0) is 37.8 Å². The van der Waals surface area contributed by atoms with Gasteiger partial charge < -0.3 is 14.4 Å². The number of rotatable bonds is 3. The van der Waals surface area contributed by atoms with Gasteiger partial charge in [-0.15, -0.1) is 0 Å². The van der Waals surface area contributed by atoms with Crippen LogP contribution in [0.2, 0.25) is 0 Å². The molecular weight excluding hydrogens is 290 g/mol. The van der Waals surface area contributed by atoms with E-state index in [1.807, 2.05) is 13.2 Å². The molecule has 1 saturated carbocycles. The Morgan fingerprint density at radius 1 is 1.35 bits per heavy atom. The molecule has 2 heterocycles. The summed E-state index contributed by atoms with van der Waals surface area (Å²) in [5, 5.41) is 10.1. The summed E-state index contributed by atoms with van der Waals surface area (Å²) in [4.78, 5) is 7.25. The van der Waals surface area contributed by atoms with Crippen LogP contribution in [0.25, 0.3) is 11.0 Å². The van der Waals surface area contributed by atoms with Gasteiger partial charge in [-0.3, -0.25) is 4.90 Å². The molecule has 5 heteroatoms. The molecule has 2 fully saturated rings. The van der Waals surface area contributed by atoms with E-state index in [0.717, 1.165) is 50.1 Å². The number of nitrogens with zero attached hydrogens (tertiary/aromatic N) is 3. The van der Waals surface area contributed by atoms with E-state index < -0.39 is 0 Å². The topological polar surface area (TPSA) is 50.5 Å². The molecule has 2 aliphatic rings. The predicted octanol–water partition coefficient (Wildman–Crippen LogP) is 2.08. The van der Waals surface area contributed by atoms with Crippen molar-refractivity contribution >= 4 is 11.0 Å². The van der Waals surface area contributed by atoms with E-state index in [-0.39, 0.29) is 17.7 Å². The summed E-state index contributed by atoms with van der Waals surface area (Å²) >= 11 is 0. The number of likely N-dealkylation sites (tertiary alicyclic amines) is 1. The Morgan fingerprint density at radius 2 is 2.17 bits per heavy atom. The summed E-state index contributed by atoms with van der Waals surface area (Å²) in [6, 6.07) is 8.54. The zero-order chi connectivity index (χ0) is 16.0. The summed E-state index contributed by atoms with van der Waals surface area (Å²) in [6.45, 7) is 1.82. The van der Waals surface area contributed by atoms with Gasteiger partial charge in [-0.2, -0.15) is 0 Å². The molecule has 23 heavy (non-hydrogen) atoms. The van der Waals surface area contributed by atoms with E-state index >= 15 is 0 Å². The standard InChI is InChI=1S/C18H25N3O2/c1-20-15-6-4-3-5-14(15)19-17(20)12-21-10-9-18(23-2)8-7-13(22)11-16(18)21/h3-6,13,16,22H,7-12H2,1-2H3/t13-,16+,18-/m1/s1. The Hall–Kier alpha value is -1.43. The van der Waals surface area contributed by atoms with E-state index in [1.54, 1.807) is 0 Å². The van der Waals surface area contributed by atoms with Crippen LogP contribution in [0.1, 0.15) is 31.5 Å². The highest BCUT2D eigenvalue weighted by Crippen LogP contribution is 2.42. The molecule has 124 valence electrons. The second-order valence-electron chi connectivity index (χ2n) is 7.01. The molecule has 1 aliphatic heterocycles. The Kier molecular flexibility index (Phi) is 3.67. The highest BCUT2D eigenvalue weighted by molar-refractivity contribution is 5.75. The maximum absolute atomic E-state index is 10.1. The molecule has 0 radical (unpaired) electrons. The first-order valence-electron chi connectivity index (χ1n) is 8.50. The first-order valence-corrected chi connectivity index (χ1v) is 8.50. The average molecular weight is 315 g/mol. The lowest BCUT2D eigenvalue weighted by Crippen LogP contribution is -2.51. The fourth-order valence-corrected chi connectivity index (χ4v) is 4.48. The predicted molar refractivity (Wildman–Crippen MR) is 89.1 cm³/mol. The lowest BCUT2D eigenvalue weighted by Gasteiger charge is -2.42. The van der Waals surface area contributed by atoms with Crippen molar-refractivity contribution in [2.75, 3.05) is 13.7 Å². The number of fused-ring (bicyclic) bond motifs is 2. The van der Waals surface area contributed by atoms with Crippen molar-refractivity contribution in [2.24, 2.45) is 7.05 Å². The van der Waals surface area contributed by atoms with Crippen molar-refractivity contribution in [3.8, 4) is 0 Å². The summed E-state index contributed by atoms with van der Waals surface area (Å²) in [6.07, 6.45) is 3.45. The monoisotopic (exact) mass is 315 g/mol. The highest BCUT2D eigenvalue weighted by Gasteiger charge is 2.50. The number of para-hydroxylation sites is 2. The maximum atomic E-state index is 10.1. The molecule has 0 spiro atoms. The number of ether oxygens (including phenoxy) is 1. The number of hydrogen-bond donors (Lipinski definition) is 1. The number of aryl methyl sites for hydroxylation is 1. The average Bonchev–Trinajstić information content (AvgIpc) is 3.08. The zero-order valence-corrected chi connectivity index (χ0v) is 13.9. The van der Waals surface area contributed by atoms with Gasteiger partial charge in [-0.25, -0.2) is 4.98 Å². The van der Waals surface area contributed by atoms with Crippen LogP contribution in [0.15, 0.2) is 24.3 Å². The van der Waals surface area contributed by atoms with Gasteiger partial charge in [0.1, 0.15) is 5.82 Å². The molecule has 2 aromatic rings. The van der Waals surface area contributed by atoms with Crippen molar-refractivity contribution in [3.05, 3.63) is 30.1 Å². The number of benzene rings is 1. The van der Waals surface area contributed by atoms with Gasteiger partial charge in [0.2, 0.25) is 0 Å². The number of aromatic nitrogens is 2. The number of aliphatic hydroxyl groups is 1. The molecule has 1 N–H and O–H groups in total. The minimum atomic E-state index is -0.204. The van der Waals surface area contributed by atoms with Gasteiger partial charge in [0, 0.05) is 26.7 Å².